The summed E-state index contributed by atoms with van der Waals surface area (Å²) in [5, 5.41) is 15.1. The van der Waals surface area contributed by atoms with E-state index < -0.39 is 11.6 Å². The van der Waals surface area contributed by atoms with E-state index in [2.05, 4.69) is 25.6 Å². The number of nitrogens with one attached hydrogen (secondary N) is 2. The Hall–Kier alpha value is -3.05. The number of aliphatic hydroxyl groups excluding tert-OH is 1. The number of aliphatic hydroxyl groups is 1. The molecule has 4 rings (SSSR count). The van der Waals surface area contributed by atoms with Crippen molar-refractivity contribution < 1.29 is 18.7 Å². The molecule has 1 aliphatic carbocycles. The molecule has 0 unspecified atom stereocenters. The second kappa shape index (κ2) is 9.44. The number of rotatable bonds is 7. The maximum absolute atomic E-state index is 14.5. The summed E-state index contributed by atoms with van der Waals surface area (Å²) < 4.78 is 29.8. The molecule has 12 heteroatoms. The van der Waals surface area contributed by atoms with Gasteiger partial charge in [0.25, 0.3) is 0 Å². The zero-order chi connectivity index (χ0) is 23.7. The molecule has 1 saturated carbocycles. The smallest absolute Gasteiger partial charge is 0.225 e. The van der Waals surface area contributed by atoms with Crippen molar-refractivity contribution in [3.05, 3.63) is 35.0 Å². The van der Waals surface area contributed by atoms with E-state index in [0.717, 1.165) is 12.1 Å². The van der Waals surface area contributed by atoms with Gasteiger partial charge in [-0.25, -0.2) is 18.7 Å². The van der Waals surface area contributed by atoms with Gasteiger partial charge in [-0.2, -0.15) is 4.98 Å². The molecule has 3 aromatic rings. The summed E-state index contributed by atoms with van der Waals surface area (Å²) in [6, 6.07) is 1.37. The van der Waals surface area contributed by atoms with E-state index in [-0.39, 0.29) is 47.2 Å². The number of hydrogen-bond donors (Lipinski definition) is 4. The number of anilines is 3. The van der Waals surface area contributed by atoms with Crippen LogP contribution in [-0.4, -0.2) is 43.2 Å². The summed E-state index contributed by atoms with van der Waals surface area (Å²) in [6.07, 6.45) is 3.99. The van der Waals surface area contributed by atoms with E-state index in [0.29, 0.717) is 42.8 Å². The lowest BCUT2D eigenvalue weighted by Crippen LogP contribution is -2.29. The molecule has 1 aromatic carbocycles. The lowest BCUT2D eigenvalue weighted by Gasteiger charge is -2.29. The Balaban J connectivity index is 1.77. The van der Waals surface area contributed by atoms with E-state index in [1.807, 2.05) is 4.57 Å². The third-order valence-corrected chi connectivity index (χ3v) is 6.09. The molecule has 1 aliphatic rings. The van der Waals surface area contributed by atoms with Crippen LogP contribution in [0.4, 0.5) is 26.4 Å². The van der Waals surface area contributed by atoms with Crippen LogP contribution < -0.4 is 16.4 Å². The molecule has 9 nitrogen and oxygen atoms in total. The first kappa shape index (κ1) is 23.1. The molecule has 0 spiro atoms. The Bertz CT molecular complexity index is 1160. The lowest BCUT2D eigenvalue weighted by molar-refractivity contribution is -0.122. The highest BCUT2D eigenvalue weighted by atomic mass is 35.5. The number of nitrogens with two attached hydrogens (primary N) is 1. The van der Waals surface area contributed by atoms with Crippen LogP contribution in [0.2, 0.25) is 5.02 Å². The molecule has 0 saturated heterocycles. The fourth-order valence-electron chi connectivity index (χ4n) is 4.05. The number of halogens is 3. The quantitative estimate of drug-likeness (QED) is 0.407. The fourth-order valence-corrected chi connectivity index (χ4v) is 4.29. The van der Waals surface area contributed by atoms with Crippen molar-refractivity contribution in [3.8, 4) is 0 Å². The van der Waals surface area contributed by atoms with Gasteiger partial charge in [-0.1, -0.05) is 11.6 Å². The SMILES string of the molecule is C[C@@H](CO)Nc1ncc2nc(Nc3c(F)cc(F)cc3Cl)n([C@H]3CC[C@@H](C(N)=O)CC3)c2n1. The van der Waals surface area contributed by atoms with Crippen molar-refractivity contribution in [3.63, 3.8) is 0 Å². The van der Waals surface area contributed by atoms with E-state index in [1.54, 1.807) is 6.92 Å². The fraction of sp³-hybridized carbons (Fsp3) is 0.429. The Kier molecular flexibility index (Phi) is 6.61. The highest BCUT2D eigenvalue weighted by Gasteiger charge is 2.29. The topological polar surface area (TPSA) is 131 Å². The summed E-state index contributed by atoms with van der Waals surface area (Å²) in [5.74, 6) is -1.61. The number of carbonyl (C=O) groups excluding carboxylic acids is 1. The second-order valence-electron chi connectivity index (χ2n) is 8.21. The van der Waals surface area contributed by atoms with Gasteiger partial charge in [0.1, 0.15) is 11.3 Å². The van der Waals surface area contributed by atoms with Crippen LogP contribution in [0, 0.1) is 17.6 Å². The van der Waals surface area contributed by atoms with E-state index in [1.165, 1.54) is 6.20 Å². The van der Waals surface area contributed by atoms with E-state index in [9.17, 15) is 18.7 Å². The van der Waals surface area contributed by atoms with Crippen LogP contribution in [0.3, 0.4) is 0 Å². The van der Waals surface area contributed by atoms with Crippen molar-refractivity contribution in [1.82, 2.24) is 19.5 Å². The average molecular weight is 480 g/mol. The maximum atomic E-state index is 14.5. The summed E-state index contributed by atoms with van der Waals surface area (Å²) >= 11 is 6.08. The van der Waals surface area contributed by atoms with Crippen LogP contribution in [0.15, 0.2) is 18.3 Å². The molecule has 2 heterocycles. The van der Waals surface area contributed by atoms with Crippen LogP contribution >= 0.6 is 11.6 Å². The first-order chi connectivity index (χ1) is 15.8. The van der Waals surface area contributed by atoms with Gasteiger partial charge in [-0.3, -0.25) is 9.36 Å². The number of benzene rings is 1. The number of carbonyl (C=O) groups is 1. The first-order valence-corrected chi connectivity index (χ1v) is 11.0. The van der Waals surface area contributed by atoms with Crippen LogP contribution in [0.25, 0.3) is 11.2 Å². The monoisotopic (exact) mass is 479 g/mol. The Morgan fingerprint density at radius 3 is 2.67 bits per heavy atom. The normalized spacial score (nSPS) is 19.4. The number of hydrogen-bond acceptors (Lipinski definition) is 7. The van der Waals surface area contributed by atoms with Crippen molar-refractivity contribution >= 4 is 46.3 Å². The maximum Gasteiger partial charge on any atom is 0.225 e. The number of amides is 1. The highest BCUT2D eigenvalue weighted by molar-refractivity contribution is 6.33. The van der Waals surface area contributed by atoms with Crippen molar-refractivity contribution in [2.45, 2.75) is 44.7 Å². The van der Waals surface area contributed by atoms with Gasteiger partial charge in [0, 0.05) is 24.1 Å². The minimum absolute atomic E-state index is 0.103. The second-order valence-corrected chi connectivity index (χ2v) is 8.62. The van der Waals surface area contributed by atoms with Gasteiger partial charge in [0.05, 0.1) is 23.5 Å². The Labute approximate surface area is 193 Å². The molecular weight excluding hydrogens is 456 g/mol. The standard InChI is InChI=1S/C21H24ClF2N7O2/c1-10(9-32)27-20-26-8-16-19(30-20)31(13-4-2-11(3-5-13)18(25)33)21(28-16)29-17-14(22)6-12(23)7-15(17)24/h6-8,10-11,13,32H,2-5,9H2,1H3,(H2,25,33)(H,28,29)(H,26,27,30)/t10-,11-,13+/m0/s1. The summed E-state index contributed by atoms with van der Waals surface area (Å²) in [5.41, 5.74) is 6.30. The molecule has 176 valence electrons. The summed E-state index contributed by atoms with van der Waals surface area (Å²) in [4.78, 5) is 24.9. The Morgan fingerprint density at radius 2 is 2.03 bits per heavy atom. The van der Waals surface area contributed by atoms with E-state index >= 15 is 0 Å². The minimum atomic E-state index is -0.860. The summed E-state index contributed by atoms with van der Waals surface area (Å²) in [7, 11) is 0. The van der Waals surface area contributed by atoms with Crippen LogP contribution in [0.5, 0.6) is 0 Å². The predicted molar refractivity (Wildman–Crippen MR) is 120 cm³/mol. The molecule has 5 N–H and O–H groups in total. The highest BCUT2D eigenvalue weighted by Crippen LogP contribution is 2.38. The molecular formula is C21H24ClF2N7O2. The zero-order valence-corrected chi connectivity index (χ0v) is 18.6. The third-order valence-electron chi connectivity index (χ3n) is 5.79. The number of nitrogens with zero attached hydrogens (tertiary/aromatic N) is 4. The van der Waals surface area contributed by atoms with Crippen molar-refractivity contribution in [2.75, 3.05) is 17.2 Å². The molecule has 33 heavy (non-hydrogen) atoms. The zero-order valence-electron chi connectivity index (χ0n) is 17.9. The van der Waals surface area contributed by atoms with Crippen molar-refractivity contribution in [2.24, 2.45) is 11.7 Å². The molecule has 2 aromatic heterocycles. The van der Waals surface area contributed by atoms with Crippen molar-refractivity contribution in [1.29, 1.82) is 0 Å². The lowest BCUT2D eigenvalue weighted by atomic mass is 9.85. The van der Waals surface area contributed by atoms with Crippen LogP contribution in [-0.2, 0) is 4.79 Å². The first-order valence-electron chi connectivity index (χ1n) is 10.6. The van der Waals surface area contributed by atoms with Gasteiger partial charge in [-0.05, 0) is 38.7 Å². The number of imidazole rings is 1. The van der Waals surface area contributed by atoms with Gasteiger partial charge in [-0.15, -0.1) is 0 Å². The van der Waals surface area contributed by atoms with Gasteiger partial charge < -0.3 is 21.5 Å². The molecule has 0 radical (unpaired) electrons. The molecule has 0 aliphatic heterocycles. The molecule has 1 amide bonds. The molecule has 1 fully saturated rings. The third kappa shape index (κ3) is 4.83. The van der Waals surface area contributed by atoms with Gasteiger partial charge in [0.2, 0.25) is 17.8 Å². The van der Waals surface area contributed by atoms with Gasteiger partial charge in [0.15, 0.2) is 11.5 Å². The van der Waals surface area contributed by atoms with Crippen LogP contribution in [0.1, 0.15) is 38.6 Å². The molecule has 0 bridgehead atoms. The number of primary amides is 1. The minimum Gasteiger partial charge on any atom is -0.394 e. The van der Waals surface area contributed by atoms with Gasteiger partial charge >= 0.3 is 0 Å². The number of fused-ring (bicyclic) bond motifs is 1. The molecule has 1 atom stereocenters. The largest absolute Gasteiger partial charge is 0.394 e. The summed E-state index contributed by atoms with van der Waals surface area (Å²) in [6.45, 7) is 1.68. The van der Waals surface area contributed by atoms with E-state index in [4.69, 9.17) is 17.3 Å². The number of aromatic nitrogens is 4. The average Bonchev–Trinajstić information content (AvgIpc) is 3.13. The predicted octanol–water partition coefficient (Wildman–Crippen LogP) is 3.51. The Morgan fingerprint density at radius 1 is 1.30 bits per heavy atom.